The van der Waals surface area contributed by atoms with Gasteiger partial charge in [0.1, 0.15) is 17.4 Å². The van der Waals surface area contributed by atoms with E-state index in [1.807, 2.05) is 32.3 Å². The molecule has 32 heavy (non-hydrogen) atoms. The summed E-state index contributed by atoms with van der Waals surface area (Å²) in [7, 11) is 3.70. The Morgan fingerprint density at radius 3 is 3.09 bits per heavy atom. The van der Waals surface area contributed by atoms with Crippen LogP contribution >= 0.6 is 0 Å². The fraction of sp³-hybridized carbons (Fsp3) is 0.429. The SMILES string of the molecule is CNC1=CC2=Nc3cc(cc4c3nnn4C)CO[C@@H]3CCC[C@H]3NC(=O)C3=[N+](N2)C1N=C3. The molecule has 1 aliphatic carbocycles. The van der Waals surface area contributed by atoms with E-state index in [1.165, 1.54) is 0 Å². The Balaban J connectivity index is 1.54. The van der Waals surface area contributed by atoms with Gasteiger partial charge in [-0.3, -0.25) is 4.79 Å². The number of benzene rings is 1. The van der Waals surface area contributed by atoms with Gasteiger partial charge in [0.05, 0.1) is 30.0 Å². The largest absolute Gasteiger partial charge is 0.384 e. The van der Waals surface area contributed by atoms with Crippen LogP contribution in [0, 0.1) is 0 Å². The second-order valence-electron chi connectivity index (χ2n) is 8.42. The molecule has 1 aromatic carbocycles. The van der Waals surface area contributed by atoms with Crippen LogP contribution in [0.15, 0.2) is 33.9 Å². The number of carbonyl (C=O) groups is 1. The van der Waals surface area contributed by atoms with Crippen LogP contribution in [0.5, 0.6) is 0 Å². The van der Waals surface area contributed by atoms with Gasteiger partial charge in [-0.25, -0.2) is 14.7 Å². The summed E-state index contributed by atoms with van der Waals surface area (Å²) in [6, 6.07) is 3.99. The molecule has 4 aliphatic rings. The van der Waals surface area contributed by atoms with E-state index >= 15 is 0 Å². The van der Waals surface area contributed by atoms with E-state index in [0.717, 1.165) is 36.0 Å². The van der Waals surface area contributed by atoms with Crippen molar-refractivity contribution in [3.8, 4) is 0 Å². The molecule has 0 spiro atoms. The Hall–Kier alpha value is -3.60. The molecule has 1 fully saturated rings. The van der Waals surface area contributed by atoms with Crippen molar-refractivity contribution in [2.45, 2.75) is 44.2 Å². The number of likely N-dealkylation sites (N-methyl/N-ethyl adjacent to an activating group) is 1. The number of hydrogen-bond acceptors (Lipinski definition) is 8. The number of hydrazone groups is 1. The van der Waals surface area contributed by atoms with E-state index in [0.29, 0.717) is 29.4 Å². The molecule has 3 atom stereocenters. The number of ether oxygens (including phenoxy) is 1. The van der Waals surface area contributed by atoms with Crippen molar-refractivity contribution in [1.82, 2.24) is 31.1 Å². The van der Waals surface area contributed by atoms with Crippen LogP contribution in [-0.4, -0.2) is 68.7 Å². The predicted octanol–water partition coefficient (Wildman–Crippen LogP) is 0.0513. The predicted molar refractivity (Wildman–Crippen MR) is 118 cm³/mol. The Morgan fingerprint density at radius 1 is 1.31 bits per heavy atom. The van der Waals surface area contributed by atoms with Gasteiger partial charge in [0, 0.05) is 20.2 Å². The molecular weight excluding hydrogens is 410 g/mol. The van der Waals surface area contributed by atoms with Gasteiger partial charge in [-0.2, -0.15) is 0 Å². The zero-order chi connectivity index (χ0) is 21.8. The molecule has 6 rings (SSSR count). The van der Waals surface area contributed by atoms with E-state index < -0.39 is 0 Å². The Kier molecular flexibility index (Phi) is 4.32. The summed E-state index contributed by atoms with van der Waals surface area (Å²) in [6.45, 7) is 0.424. The number of fused-ring (bicyclic) bond motifs is 6. The quantitative estimate of drug-likeness (QED) is 0.546. The molecule has 0 radical (unpaired) electrons. The van der Waals surface area contributed by atoms with Crippen molar-refractivity contribution >= 4 is 40.4 Å². The van der Waals surface area contributed by atoms with E-state index in [4.69, 9.17) is 9.73 Å². The van der Waals surface area contributed by atoms with Gasteiger partial charge in [-0.05, 0) is 37.0 Å². The lowest BCUT2D eigenvalue weighted by molar-refractivity contribution is -0.592. The molecule has 1 unspecified atom stereocenters. The maximum absolute atomic E-state index is 13.1. The normalized spacial score (nSPS) is 26.8. The maximum atomic E-state index is 13.1. The lowest BCUT2D eigenvalue weighted by Crippen LogP contribution is -2.52. The van der Waals surface area contributed by atoms with Crippen molar-refractivity contribution < 1.29 is 14.2 Å². The highest BCUT2D eigenvalue weighted by atomic mass is 16.5. The molecule has 1 aromatic heterocycles. The molecule has 1 amide bonds. The third kappa shape index (κ3) is 3.00. The van der Waals surface area contributed by atoms with Crippen molar-refractivity contribution in [2.75, 3.05) is 7.05 Å². The zero-order valence-electron chi connectivity index (χ0n) is 17.9. The minimum Gasteiger partial charge on any atom is -0.384 e. The first kappa shape index (κ1) is 19.1. The minimum absolute atomic E-state index is 0.0378. The van der Waals surface area contributed by atoms with Crippen LogP contribution in [-0.2, 0) is 23.2 Å². The monoisotopic (exact) mass is 434 g/mol. The van der Waals surface area contributed by atoms with Gasteiger partial charge in [0.15, 0.2) is 5.84 Å². The Morgan fingerprint density at radius 2 is 2.22 bits per heavy atom. The van der Waals surface area contributed by atoms with Crippen LogP contribution in [0.25, 0.3) is 11.0 Å². The number of hydrazine groups is 1. The molecule has 2 aromatic rings. The van der Waals surface area contributed by atoms with E-state index in [9.17, 15) is 4.79 Å². The van der Waals surface area contributed by atoms with Crippen molar-refractivity contribution in [2.24, 2.45) is 17.0 Å². The molecule has 4 heterocycles. The summed E-state index contributed by atoms with van der Waals surface area (Å²) < 4.78 is 9.75. The van der Waals surface area contributed by atoms with Crippen molar-refractivity contribution in [3.05, 3.63) is 29.5 Å². The van der Waals surface area contributed by atoms with Crippen molar-refractivity contribution in [1.29, 1.82) is 0 Å². The maximum Gasteiger partial charge on any atom is 0.320 e. The fourth-order valence-electron chi connectivity index (χ4n) is 4.75. The molecule has 1 saturated carbocycles. The highest BCUT2D eigenvalue weighted by Crippen LogP contribution is 2.29. The number of aliphatic imine (C=N–C) groups is 2. The third-order valence-electron chi connectivity index (χ3n) is 6.40. The summed E-state index contributed by atoms with van der Waals surface area (Å²) in [4.78, 5) is 22.5. The minimum atomic E-state index is -0.355. The molecule has 4 bridgehead atoms. The number of carbonyl (C=O) groups excluding carboxylic acids is 1. The number of nitrogens with zero attached hydrogens (tertiary/aromatic N) is 6. The molecule has 3 aliphatic heterocycles. The zero-order valence-corrected chi connectivity index (χ0v) is 17.9. The lowest BCUT2D eigenvalue weighted by atomic mass is 10.1. The first-order valence-electron chi connectivity index (χ1n) is 10.8. The molecule has 11 heteroatoms. The van der Waals surface area contributed by atoms with E-state index in [1.54, 1.807) is 15.6 Å². The number of hydrogen-bond donors (Lipinski definition) is 3. The summed E-state index contributed by atoms with van der Waals surface area (Å²) in [5, 5.41) is 14.8. The van der Waals surface area contributed by atoms with Crippen molar-refractivity contribution in [3.63, 3.8) is 0 Å². The number of amidine groups is 1. The number of rotatable bonds is 1. The fourth-order valence-corrected chi connectivity index (χ4v) is 4.75. The number of aromatic nitrogens is 3. The molecule has 11 nitrogen and oxygen atoms in total. The average molecular weight is 434 g/mol. The first-order chi connectivity index (χ1) is 15.6. The third-order valence-corrected chi connectivity index (χ3v) is 6.40. The second-order valence-corrected chi connectivity index (χ2v) is 8.42. The standard InChI is InChI=1S/C21H23N9O2/c1-22-14-8-18-24-13-6-11(7-15-19(13)26-28-29(15)2)10-32-17-5-3-4-12(17)25-21(31)16-9-23-20(14)30(16)27-18/h6-9,12,17,20H,3-5,10H2,1-2H3,(H2-,22,23,24,25,27,28,31)/p+1/t12-,17-,20?/m1/s1. The molecule has 3 N–H and O–H groups in total. The average Bonchev–Trinajstić information content (AvgIpc) is 3.50. The van der Waals surface area contributed by atoms with Gasteiger partial charge in [-0.15, -0.1) is 10.5 Å². The smallest absolute Gasteiger partial charge is 0.320 e. The lowest BCUT2D eigenvalue weighted by Gasteiger charge is -2.22. The Labute approximate surface area is 183 Å². The van der Waals surface area contributed by atoms with Gasteiger partial charge < -0.3 is 15.4 Å². The van der Waals surface area contributed by atoms with Gasteiger partial charge >= 0.3 is 17.8 Å². The van der Waals surface area contributed by atoms with E-state index in [2.05, 4.69) is 31.4 Å². The first-order valence-corrected chi connectivity index (χ1v) is 10.8. The number of amides is 1. The highest BCUT2D eigenvalue weighted by Gasteiger charge is 2.42. The summed E-state index contributed by atoms with van der Waals surface area (Å²) in [5.74, 6) is 0.398. The number of nitrogens with one attached hydrogen (secondary N) is 3. The second kappa shape index (κ2) is 7.23. The van der Waals surface area contributed by atoms with Crippen LogP contribution in [0.4, 0.5) is 5.69 Å². The van der Waals surface area contributed by atoms with Crippen LogP contribution in [0.3, 0.4) is 0 Å². The van der Waals surface area contributed by atoms with Gasteiger partial charge in [-0.1, -0.05) is 9.90 Å². The molecule has 164 valence electrons. The summed E-state index contributed by atoms with van der Waals surface area (Å²) in [5.41, 5.74) is 7.81. The topological polar surface area (TPSA) is 121 Å². The van der Waals surface area contributed by atoms with Crippen LogP contribution in [0.2, 0.25) is 0 Å². The number of aryl methyl sites for hydroxylation is 1. The molecule has 0 saturated heterocycles. The van der Waals surface area contributed by atoms with Crippen LogP contribution in [0.1, 0.15) is 24.8 Å². The van der Waals surface area contributed by atoms with Gasteiger partial charge in [0.25, 0.3) is 0 Å². The van der Waals surface area contributed by atoms with E-state index in [-0.39, 0.29) is 24.2 Å². The van der Waals surface area contributed by atoms with Gasteiger partial charge in [0.2, 0.25) is 0 Å². The summed E-state index contributed by atoms with van der Waals surface area (Å²) >= 11 is 0. The van der Waals surface area contributed by atoms with Crippen LogP contribution < -0.4 is 16.1 Å². The molecular formula is C21H24N9O2+. The Bertz CT molecular complexity index is 1260. The summed E-state index contributed by atoms with van der Waals surface area (Å²) in [6.07, 6.45) is 5.92. The highest BCUT2D eigenvalue weighted by molar-refractivity contribution is 6.59.